The number of hydrogen-bond acceptors (Lipinski definition) is 6. The van der Waals surface area contributed by atoms with E-state index in [9.17, 15) is 9.18 Å². The molecule has 6 nitrogen and oxygen atoms in total. The molecule has 27 heavy (non-hydrogen) atoms. The second-order valence-electron chi connectivity index (χ2n) is 5.63. The first-order chi connectivity index (χ1) is 13.0. The van der Waals surface area contributed by atoms with Crippen molar-refractivity contribution >= 4 is 23.4 Å². The summed E-state index contributed by atoms with van der Waals surface area (Å²) in [6, 6.07) is 11.8. The van der Waals surface area contributed by atoms with Crippen molar-refractivity contribution in [3.05, 3.63) is 53.8 Å². The number of carbonyl (C=O) groups is 1. The van der Waals surface area contributed by atoms with Gasteiger partial charge in [0.2, 0.25) is 11.8 Å². The highest BCUT2D eigenvalue weighted by Crippen LogP contribution is 2.25. The number of aromatic nitrogens is 2. The lowest BCUT2D eigenvalue weighted by Gasteiger charge is -2.05. The van der Waals surface area contributed by atoms with Gasteiger partial charge < -0.3 is 14.5 Å². The Balaban J connectivity index is 1.55. The zero-order chi connectivity index (χ0) is 19.2. The van der Waals surface area contributed by atoms with Crippen LogP contribution in [0.15, 0.2) is 52.1 Å². The number of aryl methyl sites for hydroxylation is 1. The molecule has 0 radical (unpaired) electrons. The van der Waals surface area contributed by atoms with Crippen LogP contribution >= 0.6 is 11.8 Å². The van der Waals surface area contributed by atoms with E-state index in [-0.39, 0.29) is 22.7 Å². The highest BCUT2D eigenvalue weighted by molar-refractivity contribution is 7.99. The monoisotopic (exact) mass is 387 g/mol. The molecule has 0 saturated heterocycles. The lowest BCUT2D eigenvalue weighted by Crippen LogP contribution is -2.14. The van der Waals surface area contributed by atoms with Crippen LogP contribution in [-0.4, -0.2) is 28.5 Å². The molecule has 0 spiro atoms. The highest BCUT2D eigenvalue weighted by atomic mass is 32.2. The van der Waals surface area contributed by atoms with E-state index in [2.05, 4.69) is 15.5 Å². The first-order valence-electron chi connectivity index (χ1n) is 8.30. The average molecular weight is 387 g/mol. The Morgan fingerprint density at radius 2 is 2.00 bits per heavy atom. The van der Waals surface area contributed by atoms with E-state index in [0.29, 0.717) is 23.7 Å². The quantitative estimate of drug-likeness (QED) is 0.609. The molecule has 1 aromatic heterocycles. The van der Waals surface area contributed by atoms with Gasteiger partial charge in [-0.1, -0.05) is 17.8 Å². The molecule has 0 aliphatic carbocycles. The summed E-state index contributed by atoms with van der Waals surface area (Å²) in [4.78, 5) is 12.0. The molecular formula is C19H18FN3O3S. The normalized spacial score (nSPS) is 10.6. The number of nitrogens with one attached hydrogen (secondary N) is 1. The zero-order valence-electron chi connectivity index (χ0n) is 14.9. The summed E-state index contributed by atoms with van der Waals surface area (Å²) < 4.78 is 24.5. The van der Waals surface area contributed by atoms with E-state index in [1.807, 2.05) is 31.2 Å². The van der Waals surface area contributed by atoms with E-state index in [0.717, 1.165) is 23.1 Å². The largest absolute Gasteiger partial charge is 0.494 e. The Kier molecular flexibility index (Phi) is 6.08. The van der Waals surface area contributed by atoms with Crippen LogP contribution < -0.4 is 10.1 Å². The van der Waals surface area contributed by atoms with Crippen molar-refractivity contribution in [1.82, 2.24) is 10.2 Å². The minimum Gasteiger partial charge on any atom is -0.494 e. The van der Waals surface area contributed by atoms with Gasteiger partial charge in [0.1, 0.15) is 11.6 Å². The summed E-state index contributed by atoms with van der Waals surface area (Å²) in [6.45, 7) is 4.17. The summed E-state index contributed by atoms with van der Waals surface area (Å²) in [5, 5.41) is 10.8. The summed E-state index contributed by atoms with van der Waals surface area (Å²) >= 11 is 1.11. The van der Waals surface area contributed by atoms with E-state index < -0.39 is 0 Å². The van der Waals surface area contributed by atoms with Crippen LogP contribution in [0.1, 0.15) is 12.5 Å². The molecule has 1 amide bonds. The standard InChI is InChI=1S/C19H18FN3O3S/c1-3-25-15-8-5-13(6-9-15)18-22-23-19(26-18)27-11-17(24)21-14-7-4-12(2)16(20)10-14/h4-10H,3,11H2,1-2H3,(H,21,24). The maximum atomic E-state index is 13.5. The van der Waals surface area contributed by atoms with Gasteiger partial charge >= 0.3 is 0 Å². The summed E-state index contributed by atoms with van der Waals surface area (Å²) in [6.07, 6.45) is 0. The molecule has 0 atom stereocenters. The highest BCUT2D eigenvalue weighted by Gasteiger charge is 2.12. The first kappa shape index (κ1) is 18.9. The number of hydrogen-bond donors (Lipinski definition) is 1. The Morgan fingerprint density at radius 1 is 1.22 bits per heavy atom. The van der Waals surface area contributed by atoms with Gasteiger partial charge in [0.25, 0.3) is 5.22 Å². The Labute approximate surface area is 160 Å². The third-order valence-corrected chi connectivity index (χ3v) is 4.42. The van der Waals surface area contributed by atoms with Crippen molar-refractivity contribution in [3.63, 3.8) is 0 Å². The van der Waals surface area contributed by atoms with Crippen molar-refractivity contribution in [2.24, 2.45) is 0 Å². The molecule has 1 heterocycles. The molecule has 3 rings (SSSR count). The summed E-state index contributed by atoms with van der Waals surface area (Å²) in [5.74, 6) is 0.544. The Bertz CT molecular complexity index is 928. The molecule has 0 unspecified atom stereocenters. The number of carbonyl (C=O) groups excluding carboxylic acids is 1. The topological polar surface area (TPSA) is 77.2 Å². The fraction of sp³-hybridized carbons (Fsp3) is 0.211. The third kappa shape index (κ3) is 5.07. The van der Waals surface area contributed by atoms with Crippen LogP contribution in [0.25, 0.3) is 11.5 Å². The molecular weight excluding hydrogens is 369 g/mol. The van der Waals surface area contributed by atoms with E-state index >= 15 is 0 Å². The van der Waals surface area contributed by atoms with E-state index in [4.69, 9.17) is 9.15 Å². The van der Waals surface area contributed by atoms with Crippen LogP contribution in [0, 0.1) is 12.7 Å². The van der Waals surface area contributed by atoms with Gasteiger partial charge in [-0.3, -0.25) is 4.79 Å². The molecule has 8 heteroatoms. The number of rotatable bonds is 7. The van der Waals surface area contributed by atoms with E-state index in [1.54, 1.807) is 19.1 Å². The third-order valence-electron chi connectivity index (χ3n) is 3.60. The van der Waals surface area contributed by atoms with Crippen LogP contribution in [0.2, 0.25) is 0 Å². The molecule has 0 aliphatic heterocycles. The number of amides is 1. The van der Waals surface area contributed by atoms with Gasteiger partial charge in [0, 0.05) is 11.3 Å². The number of nitrogens with zero attached hydrogens (tertiary/aromatic N) is 2. The maximum Gasteiger partial charge on any atom is 0.277 e. The zero-order valence-corrected chi connectivity index (χ0v) is 15.7. The first-order valence-corrected chi connectivity index (χ1v) is 9.29. The van der Waals surface area contributed by atoms with Crippen molar-refractivity contribution in [3.8, 4) is 17.2 Å². The van der Waals surface area contributed by atoms with Crippen molar-refractivity contribution < 1.29 is 18.3 Å². The van der Waals surface area contributed by atoms with Gasteiger partial charge in [0.05, 0.1) is 12.4 Å². The molecule has 3 aromatic rings. The van der Waals surface area contributed by atoms with Crippen LogP contribution in [0.5, 0.6) is 5.75 Å². The SMILES string of the molecule is CCOc1ccc(-c2nnc(SCC(=O)Nc3ccc(C)c(F)c3)o2)cc1. The van der Waals surface area contributed by atoms with Gasteiger partial charge in [-0.15, -0.1) is 10.2 Å². The molecule has 0 bridgehead atoms. The Hall–Kier alpha value is -2.87. The second-order valence-corrected chi connectivity index (χ2v) is 6.56. The number of ether oxygens (including phenoxy) is 1. The van der Waals surface area contributed by atoms with Gasteiger partial charge in [-0.05, 0) is 55.8 Å². The number of halogens is 1. The fourth-order valence-corrected chi connectivity index (χ4v) is 2.80. The number of benzene rings is 2. The van der Waals surface area contributed by atoms with Gasteiger partial charge in [-0.2, -0.15) is 0 Å². The van der Waals surface area contributed by atoms with E-state index in [1.165, 1.54) is 6.07 Å². The lowest BCUT2D eigenvalue weighted by atomic mass is 10.2. The summed E-state index contributed by atoms with van der Waals surface area (Å²) in [7, 11) is 0. The van der Waals surface area contributed by atoms with Crippen molar-refractivity contribution in [1.29, 1.82) is 0 Å². The number of anilines is 1. The molecule has 140 valence electrons. The van der Waals surface area contributed by atoms with Crippen molar-refractivity contribution in [2.45, 2.75) is 19.1 Å². The smallest absolute Gasteiger partial charge is 0.277 e. The van der Waals surface area contributed by atoms with Gasteiger partial charge in [-0.25, -0.2) is 4.39 Å². The minimum absolute atomic E-state index is 0.0698. The fourth-order valence-electron chi connectivity index (χ4n) is 2.24. The molecule has 0 fully saturated rings. The number of thioether (sulfide) groups is 1. The minimum atomic E-state index is -0.364. The maximum absolute atomic E-state index is 13.5. The van der Waals surface area contributed by atoms with Gasteiger partial charge in [0.15, 0.2) is 0 Å². The summed E-state index contributed by atoms with van der Waals surface area (Å²) in [5.41, 5.74) is 1.69. The van der Waals surface area contributed by atoms with Crippen LogP contribution in [0.4, 0.5) is 10.1 Å². The predicted molar refractivity (Wildman–Crippen MR) is 101 cm³/mol. The predicted octanol–water partition coefficient (Wildman–Crippen LogP) is 4.31. The Morgan fingerprint density at radius 3 is 2.70 bits per heavy atom. The molecule has 0 aliphatic rings. The van der Waals surface area contributed by atoms with Crippen LogP contribution in [0.3, 0.4) is 0 Å². The molecule has 1 N–H and O–H groups in total. The average Bonchev–Trinajstić information content (AvgIpc) is 3.13. The van der Waals surface area contributed by atoms with Crippen molar-refractivity contribution in [2.75, 3.05) is 17.7 Å². The molecule has 0 saturated carbocycles. The second kappa shape index (κ2) is 8.68. The molecule has 2 aromatic carbocycles. The van der Waals surface area contributed by atoms with Crippen LogP contribution in [-0.2, 0) is 4.79 Å². The lowest BCUT2D eigenvalue weighted by molar-refractivity contribution is -0.113.